The van der Waals surface area contributed by atoms with Crippen molar-refractivity contribution in [1.82, 2.24) is 30.2 Å². The largest absolute Gasteiger partial charge is 0.483 e. The van der Waals surface area contributed by atoms with Crippen LogP contribution in [0, 0.1) is 11.8 Å². The van der Waals surface area contributed by atoms with Crippen LogP contribution in [0.5, 0.6) is 5.75 Å². The Labute approximate surface area is 201 Å². The van der Waals surface area contributed by atoms with Crippen molar-refractivity contribution < 1.29 is 14.3 Å². The Hall–Kier alpha value is -4.27. The minimum absolute atomic E-state index is 0.00230. The summed E-state index contributed by atoms with van der Waals surface area (Å²) in [7, 11) is 0. The Morgan fingerprint density at radius 3 is 2.49 bits per heavy atom. The zero-order chi connectivity index (χ0) is 23.8. The molecule has 2 fully saturated rings. The van der Waals surface area contributed by atoms with Crippen LogP contribution in [-0.2, 0) is 4.79 Å². The lowest BCUT2D eigenvalue weighted by molar-refractivity contribution is -0.132. The number of hydrogen-bond donors (Lipinski definition) is 1. The molecule has 176 valence electrons. The van der Waals surface area contributed by atoms with E-state index in [0.717, 1.165) is 16.6 Å². The van der Waals surface area contributed by atoms with Crippen molar-refractivity contribution in [3.63, 3.8) is 0 Å². The number of nitrogens with one attached hydrogen (secondary N) is 1. The predicted molar refractivity (Wildman–Crippen MR) is 129 cm³/mol. The van der Waals surface area contributed by atoms with E-state index in [9.17, 15) is 9.59 Å². The fraction of sp³-hybridized carbons (Fsp3) is 0.269. The third-order valence-corrected chi connectivity index (χ3v) is 6.90. The highest BCUT2D eigenvalue weighted by Crippen LogP contribution is 2.33. The molecular weight excluding hydrogens is 444 g/mol. The quantitative estimate of drug-likeness (QED) is 0.483. The maximum Gasteiger partial charge on any atom is 0.260 e. The molecule has 2 aliphatic heterocycles. The monoisotopic (exact) mass is 468 g/mol. The van der Waals surface area contributed by atoms with Gasteiger partial charge in [-0.05, 0) is 30.3 Å². The van der Waals surface area contributed by atoms with Gasteiger partial charge in [-0.1, -0.05) is 24.3 Å². The number of nitrogens with zero attached hydrogens (tertiary/aromatic N) is 5. The molecule has 4 aromatic rings. The standard InChI is InChI=1S/C26H24N6O3/c33-25(16-35-24-6-2-1-5-21(24)18-4-3-9-27-11-18)31-12-19-14-32(15-20(19)13-31)26(34)17-7-8-22-23(10-17)29-30-28-22/h1-11,19-20H,12-16H2,(H,28,29,30)/t19-,20-/m1/s1. The first-order valence-electron chi connectivity index (χ1n) is 11.7. The fourth-order valence-corrected chi connectivity index (χ4v) is 5.10. The van der Waals surface area contributed by atoms with Crippen LogP contribution in [0.15, 0.2) is 67.0 Å². The molecule has 2 amide bonds. The highest BCUT2D eigenvalue weighted by molar-refractivity contribution is 5.97. The Morgan fingerprint density at radius 1 is 0.914 bits per heavy atom. The SMILES string of the molecule is O=C(COc1ccccc1-c1cccnc1)N1C[C@@H]2CN(C(=O)c3ccc4n[nH]nc4c3)C[C@H]2C1. The lowest BCUT2D eigenvalue weighted by atomic mass is 10.0. The van der Waals surface area contributed by atoms with Gasteiger partial charge in [-0.15, -0.1) is 0 Å². The lowest BCUT2D eigenvalue weighted by Crippen LogP contribution is -2.37. The molecule has 0 saturated carbocycles. The van der Waals surface area contributed by atoms with Crippen molar-refractivity contribution in [2.24, 2.45) is 11.8 Å². The number of aromatic amines is 1. The number of likely N-dealkylation sites (tertiary alicyclic amines) is 2. The number of carbonyl (C=O) groups excluding carboxylic acids is 2. The van der Waals surface area contributed by atoms with Crippen LogP contribution in [0.1, 0.15) is 10.4 Å². The molecule has 2 saturated heterocycles. The van der Waals surface area contributed by atoms with Crippen molar-refractivity contribution in [1.29, 1.82) is 0 Å². The van der Waals surface area contributed by atoms with Gasteiger partial charge in [-0.2, -0.15) is 15.4 Å². The summed E-state index contributed by atoms with van der Waals surface area (Å²) in [5.74, 6) is 1.18. The van der Waals surface area contributed by atoms with E-state index in [1.54, 1.807) is 30.6 Å². The number of fused-ring (bicyclic) bond motifs is 2. The average molecular weight is 469 g/mol. The normalized spacial score (nSPS) is 19.2. The Bertz CT molecular complexity index is 1370. The summed E-state index contributed by atoms with van der Waals surface area (Å²) >= 11 is 0. The number of pyridine rings is 1. The summed E-state index contributed by atoms with van der Waals surface area (Å²) in [4.78, 5) is 33.9. The molecule has 0 radical (unpaired) electrons. The smallest absolute Gasteiger partial charge is 0.260 e. The topological polar surface area (TPSA) is 104 Å². The van der Waals surface area contributed by atoms with Gasteiger partial charge < -0.3 is 14.5 Å². The van der Waals surface area contributed by atoms with Crippen molar-refractivity contribution in [3.8, 4) is 16.9 Å². The first kappa shape index (κ1) is 21.3. The zero-order valence-corrected chi connectivity index (χ0v) is 19.0. The lowest BCUT2D eigenvalue weighted by Gasteiger charge is -2.22. The molecule has 0 spiro atoms. The zero-order valence-electron chi connectivity index (χ0n) is 19.0. The van der Waals surface area contributed by atoms with E-state index in [1.807, 2.05) is 46.2 Å². The van der Waals surface area contributed by atoms with Crippen LogP contribution in [0.25, 0.3) is 22.2 Å². The van der Waals surface area contributed by atoms with Gasteiger partial charge in [-0.25, -0.2) is 0 Å². The third kappa shape index (κ3) is 4.09. The van der Waals surface area contributed by atoms with Gasteiger partial charge in [0, 0.05) is 67.1 Å². The van der Waals surface area contributed by atoms with Crippen molar-refractivity contribution >= 4 is 22.8 Å². The van der Waals surface area contributed by atoms with Gasteiger partial charge in [0.15, 0.2) is 6.61 Å². The maximum absolute atomic E-state index is 13.0. The highest BCUT2D eigenvalue weighted by atomic mass is 16.5. The highest BCUT2D eigenvalue weighted by Gasteiger charge is 2.43. The number of H-pyrrole nitrogens is 1. The number of benzene rings is 2. The van der Waals surface area contributed by atoms with Gasteiger partial charge in [0.1, 0.15) is 16.8 Å². The number of aromatic nitrogens is 4. The minimum Gasteiger partial charge on any atom is -0.483 e. The summed E-state index contributed by atoms with van der Waals surface area (Å²) in [6, 6.07) is 16.9. The summed E-state index contributed by atoms with van der Waals surface area (Å²) in [5.41, 5.74) is 3.87. The summed E-state index contributed by atoms with van der Waals surface area (Å²) in [5, 5.41) is 10.7. The predicted octanol–water partition coefficient (Wildman–Crippen LogP) is 2.63. The van der Waals surface area contributed by atoms with Gasteiger partial charge in [0.25, 0.3) is 11.8 Å². The van der Waals surface area contributed by atoms with Crippen LogP contribution in [0.2, 0.25) is 0 Å². The second kappa shape index (κ2) is 8.83. The first-order valence-corrected chi connectivity index (χ1v) is 11.7. The van der Waals surface area contributed by atoms with Gasteiger partial charge in [0.05, 0.1) is 0 Å². The molecule has 35 heavy (non-hydrogen) atoms. The number of carbonyl (C=O) groups is 2. The van der Waals surface area contributed by atoms with Crippen molar-refractivity contribution in [2.45, 2.75) is 0 Å². The van der Waals surface area contributed by atoms with E-state index < -0.39 is 0 Å². The van der Waals surface area contributed by atoms with E-state index in [0.29, 0.717) is 43.0 Å². The third-order valence-electron chi connectivity index (χ3n) is 6.90. The molecular formula is C26H24N6O3. The number of rotatable bonds is 5. The van der Waals surface area contributed by atoms with E-state index in [-0.39, 0.29) is 30.3 Å². The molecule has 2 aromatic heterocycles. The molecule has 2 aliphatic rings. The summed E-state index contributed by atoms with van der Waals surface area (Å²) < 4.78 is 5.94. The first-order chi connectivity index (χ1) is 17.2. The van der Waals surface area contributed by atoms with Gasteiger partial charge >= 0.3 is 0 Å². The molecule has 6 rings (SSSR count). The molecule has 0 unspecified atom stereocenters. The number of hydrogen-bond acceptors (Lipinski definition) is 6. The van der Waals surface area contributed by atoms with Crippen molar-refractivity contribution in [3.05, 3.63) is 72.6 Å². The number of para-hydroxylation sites is 1. The minimum atomic E-state index is -0.0326. The number of ether oxygens (including phenoxy) is 1. The van der Waals surface area contributed by atoms with E-state index in [4.69, 9.17) is 4.74 Å². The van der Waals surface area contributed by atoms with Crippen LogP contribution in [0.3, 0.4) is 0 Å². The second-order valence-corrected chi connectivity index (χ2v) is 9.08. The van der Waals surface area contributed by atoms with E-state index in [2.05, 4.69) is 20.4 Å². The van der Waals surface area contributed by atoms with E-state index >= 15 is 0 Å². The van der Waals surface area contributed by atoms with Crippen LogP contribution >= 0.6 is 0 Å². The molecule has 0 bridgehead atoms. The van der Waals surface area contributed by atoms with Crippen LogP contribution in [-0.4, -0.2) is 74.8 Å². The molecule has 9 nitrogen and oxygen atoms in total. The summed E-state index contributed by atoms with van der Waals surface area (Å²) in [6.45, 7) is 2.56. The van der Waals surface area contributed by atoms with Gasteiger partial charge in [-0.3, -0.25) is 14.6 Å². The molecule has 1 N–H and O–H groups in total. The maximum atomic E-state index is 13.0. The van der Waals surface area contributed by atoms with E-state index in [1.165, 1.54) is 0 Å². The molecule has 4 heterocycles. The van der Waals surface area contributed by atoms with Crippen LogP contribution < -0.4 is 4.74 Å². The summed E-state index contributed by atoms with van der Waals surface area (Å²) in [6.07, 6.45) is 3.51. The second-order valence-electron chi connectivity index (χ2n) is 9.08. The fourth-order valence-electron chi connectivity index (χ4n) is 5.10. The van der Waals surface area contributed by atoms with Crippen LogP contribution in [0.4, 0.5) is 0 Å². The molecule has 0 aliphatic carbocycles. The Kier molecular flexibility index (Phi) is 5.36. The molecule has 9 heteroatoms. The van der Waals surface area contributed by atoms with Crippen molar-refractivity contribution in [2.75, 3.05) is 32.8 Å². The molecule has 2 atom stereocenters. The average Bonchev–Trinajstić information content (AvgIpc) is 3.62. The van der Waals surface area contributed by atoms with Gasteiger partial charge in [0.2, 0.25) is 0 Å². The Morgan fingerprint density at radius 2 is 1.69 bits per heavy atom. The molecule has 2 aromatic carbocycles. The Balaban J connectivity index is 1.06. The number of amides is 2.